The number of ether oxygens (including phenoxy) is 1. The summed E-state index contributed by atoms with van der Waals surface area (Å²) in [5, 5.41) is 2.87. The van der Waals surface area contributed by atoms with Crippen LogP contribution in [0.1, 0.15) is 34.8 Å². The predicted octanol–water partition coefficient (Wildman–Crippen LogP) is 1.73. The Kier molecular flexibility index (Phi) is 5.29. The minimum atomic E-state index is -0.265. The van der Waals surface area contributed by atoms with E-state index in [2.05, 4.69) is 15.2 Å². The summed E-state index contributed by atoms with van der Waals surface area (Å²) >= 11 is 0. The molecule has 0 saturated carbocycles. The average Bonchev–Trinajstić information content (AvgIpc) is 3.36. The van der Waals surface area contributed by atoms with Crippen LogP contribution in [-0.4, -0.2) is 54.5 Å². The van der Waals surface area contributed by atoms with Crippen LogP contribution in [-0.2, 0) is 11.3 Å². The van der Waals surface area contributed by atoms with E-state index in [1.165, 1.54) is 19.1 Å². The molecular formula is C20H24N4O4. The first-order chi connectivity index (χ1) is 13.6. The van der Waals surface area contributed by atoms with Crippen LogP contribution >= 0.6 is 0 Å². The number of amides is 2. The van der Waals surface area contributed by atoms with E-state index in [0.29, 0.717) is 23.9 Å². The Balaban J connectivity index is 1.38. The lowest BCUT2D eigenvalue weighted by Crippen LogP contribution is -2.38. The molecule has 1 aromatic heterocycles. The average molecular weight is 384 g/mol. The van der Waals surface area contributed by atoms with Crippen LogP contribution in [0.2, 0.25) is 0 Å². The Hall–Kier alpha value is -2.87. The van der Waals surface area contributed by atoms with Gasteiger partial charge in [-0.25, -0.2) is 4.98 Å². The van der Waals surface area contributed by atoms with Crippen molar-refractivity contribution >= 4 is 17.5 Å². The quantitative estimate of drug-likeness (QED) is 0.816. The smallest absolute Gasteiger partial charge is 0.273 e. The number of nitrogens with zero attached hydrogens (tertiary/aromatic N) is 3. The molecule has 3 heterocycles. The van der Waals surface area contributed by atoms with E-state index in [-0.39, 0.29) is 30.7 Å². The highest BCUT2D eigenvalue weighted by atomic mass is 16.5. The summed E-state index contributed by atoms with van der Waals surface area (Å²) in [7, 11) is 0. The summed E-state index contributed by atoms with van der Waals surface area (Å²) in [4.78, 5) is 32.8. The minimum Gasteiger partial charge on any atom is -0.482 e. The molecule has 4 rings (SSSR count). The van der Waals surface area contributed by atoms with Crippen molar-refractivity contribution < 1.29 is 18.7 Å². The number of aromatic nitrogens is 1. The van der Waals surface area contributed by atoms with E-state index in [1.807, 2.05) is 25.1 Å². The lowest BCUT2D eigenvalue weighted by Gasteiger charge is -2.28. The predicted molar refractivity (Wildman–Crippen MR) is 102 cm³/mol. The molecule has 1 aromatic carbocycles. The number of aryl methyl sites for hydroxylation is 1. The van der Waals surface area contributed by atoms with Gasteiger partial charge >= 0.3 is 0 Å². The number of carbonyl (C=O) groups is 2. The van der Waals surface area contributed by atoms with Crippen molar-refractivity contribution in [1.82, 2.24) is 15.2 Å². The zero-order valence-electron chi connectivity index (χ0n) is 15.9. The number of oxazole rings is 1. The molecule has 8 heteroatoms. The van der Waals surface area contributed by atoms with Crippen LogP contribution in [0.4, 0.5) is 5.69 Å². The lowest BCUT2D eigenvalue weighted by molar-refractivity contribution is -0.121. The van der Waals surface area contributed by atoms with Crippen molar-refractivity contribution in [3.8, 4) is 5.75 Å². The van der Waals surface area contributed by atoms with Gasteiger partial charge in [0.25, 0.3) is 11.8 Å². The lowest BCUT2D eigenvalue weighted by atomic mass is 10.1. The van der Waals surface area contributed by atoms with Crippen molar-refractivity contribution in [3.05, 3.63) is 41.6 Å². The van der Waals surface area contributed by atoms with E-state index >= 15 is 0 Å². The SMILES string of the molecule is Cc1ccc2c(c1)N(Cc1nc(C(=O)NCCN3CCCC3)co1)C(=O)CO2. The first-order valence-electron chi connectivity index (χ1n) is 9.59. The van der Waals surface area contributed by atoms with Crippen LogP contribution in [0, 0.1) is 6.92 Å². The van der Waals surface area contributed by atoms with Gasteiger partial charge in [-0.1, -0.05) is 6.07 Å². The van der Waals surface area contributed by atoms with Crippen molar-refractivity contribution in [1.29, 1.82) is 0 Å². The molecule has 0 radical (unpaired) electrons. The Bertz CT molecular complexity index is 873. The number of anilines is 1. The third-order valence-corrected chi connectivity index (χ3v) is 5.05. The molecule has 2 aromatic rings. The Morgan fingerprint density at radius 2 is 2.11 bits per heavy atom. The van der Waals surface area contributed by atoms with E-state index < -0.39 is 0 Å². The molecule has 0 spiro atoms. The molecule has 1 saturated heterocycles. The highest BCUT2D eigenvalue weighted by Crippen LogP contribution is 2.33. The zero-order valence-corrected chi connectivity index (χ0v) is 15.9. The van der Waals surface area contributed by atoms with Gasteiger partial charge in [0.15, 0.2) is 12.3 Å². The van der Waals surface area contributed by atoms with Crippen LogP contribution < -0.4 is 15.0 Å². The molecule has 8 nitrogen and oxygen atoms in total. The number of likely N-dealkylation sites (tertiary alicyclic amines) is 1. The standard InChI is InChI=1S/C20H24N4O4/c1-14-4-5-17-16(10-14)24(19(25)13-27-17)11-18-22-15(12-28-18)20(26)21-6-9-23-7-2-3-8-23/h4-5,10,12H,2-3,6-9,11,13H2,1H3,(H,21,26). The largest absolute Gasteiger partial charge is 0.482 e. The number of rotatable bonds is 6. The molecule has 0 atom stereocenters. The van der Waals surface area contributed by atoms with E-state index in [9.17, 15) is 9.59 Å². The molecule has 0 unspecified atom stereocenters. The summed E-state index contributed by atoms with van der Waals surface area (Å²) in [5.74, 6) is 0.524. The highest BCUT2D eigenvalue weighted by molar-refractivity contribution is 5.97. The fraction of sp³-hybridized carbons (Fsp3) is 0.450. The van der Waals surface area contributed by atoms with Crippen LogP contribution in [0.3, 0.4) is 0 Å². The van der Waals surface area contributed by atoms with Gasteiger partial charge in [-0.05, 0) is 50.6 Å². The van der Waals surface area contributed by atoms with Gasteiger partial charge in [0, 0.05) is 13.1 Å². The molecule has 148 valence electrons. The molecular weight excluding hydrogens is 360 g/mol. The van der Waals surface area contributed by atoms with E-state index in [4.69, 9.17) is 9.15 Å². The van der Waals surface area contributed by atoms with Crippen LogP contribution in [0.25, 0.3) is 0 Å². The maximum atomic E-state index is 12.3. The van der Waals surface area contributed by atoms with Gasteiger partial charge in [-0.3, -0.25) is 14.5 Å². The number of nitrogens with one attached hydrogen (secondary N) is 1. The first-order valence-corrected chi connectivity index (χ1v) is 9.59. The topological polar surface area (TPSA) is 87.9 Å². The first kappa shape index (κ1) is 18.5. The van der Waals surface area contributed by atoms with Gasteiger partial charge in [0.1, 0.15) is 18.6 Å². The summed E-state index contributed by atoms with van der Waals surface area (Å²) in [6.07, 6.45) is 3.79. The summed E-state index contributed by atoms with van der Waals surface area (Å²) < 4.78 is 10.9. The normalized spacial score (nSPS) is 16.8. The number of benzene rings is 1. The van der Waals surface area contributed by atoms with Gasteiger partial charge in [-0.2, -0.15) is 0 Å². The van der Waals surface area contributed by atoms with Gasteiger partial charge in [0.2, 0.25) is 5.89 Å². The van der Waals surface area contributed by atoms with E-state index in [0.717, 1.165) is 25.2 Å². The van der Waals surface area contributed by atoms with Crippen molar-refractivity contribution in [2.75, 3.05) is 37.7 Å². The number of hydrogen-bond acceptors (Lipinski definition) is 6. The second-order valence-electron chi connectivity index (χ2n) is 7.17. The third kappa shape index (κ3) is 4.01. The molecule has 2 amide bonds. The van der Waals surface area contributed by atoms with Crippen molar-refractivity contribution in [2.45, 2.75) is 26.3 Å². The summed E-state index contributed by atoms with van der Waals surface area (Å²) in [6.45, 7) is 5.69. The van der Waals surface area contributed by atoms with Crippen molar-refractivity contribution in [2.24, 2.45) is 0 Å². The monoisotopic (exact) mass is 384 g/mol. The number of carbonyl (C=O) groups excluding carboxylic acids is 2. The Morgan fingerprint density at radius 1 is 1.29 bits per heavy atom. The molecule has 1 N–H and O–H groups in total. The fourth-order valence-corrected chi connectivity index (χ4v) is 3.53. The van der Waals surface area contributed by atoms with E-state index in [1.54, 1.807) is 4.90 Å². The number of hydrogen-bond donors (Lipinski definition) is 1. The fourth-order valence-electron chi connectivity index (χ4n) is 3.53. The zero-order chi connectivity index (χ0) is 19.5. The molecule has 2 aliphatic heterocycles. The maximum absolute atomic E-state index is 12.3. The second-order valence-corrected chi connectivity index (χ2v) is 7.17. The molecule has 28 heavy (non-hydrogen) atoms. The molecule has 1 fully saturated rings. The molecule has 0 bridgehead atoms. The number of fused-ring (bicyclic) bond motifs is 1. The second kappa shape index (κ2) is 8.02. The molecule has 2 aliphatic rings. The summed E-state index contributed by atoms with van der Waals surface area (Å²) in [6, 6.07) is 5.67. The van der Waals surface area contributed by atoms with Crippen LogP contribution in [0.15, 0.2) is 28.9 Å². The third-order valence-electron chi connectivity index (χ3n) is 5.05. The minimum absolute atomic E-state index is 0.0272. The Morgan fingerprint density at radius 3 is 2.93 bits per heavy atom. The maximum Gasteiger partial charge on any atom is 0.273 e. The van der Waals surface area contributed by atoms with Gasteiger partial charge in [0.05, 0.1) is 5.69 Å². The Labute approximate surface area is 163 Å². The van der Waals surface area contributed by atoms with Crippen LogP contribution in [0.5, 0.6) is 5.75 Å². The van der Waals surface area contributed by atoms with Gasteiger partial charge in [-0.15, -0.1) is 0 Å². The molecule has 0 aliphatic carbocycles. The van der Waals surface area contributed by atoms with Crippen molar-refractivity contribution in [3.63, 3.8) is 0 Å². The van der Waals surface area contributed by atoms with Gasteiger partial charge < -0.3 is 19.4 Å². The summed E-state index contributed by atoms with van der Waals surface area (Å²) in [5.41, 5.74) is 1.93. The highest BCUT2D eigenvalue weighted by Gasteiger charge is 2.27.